The van der Waals surface area contributed by atoms with E-state index in [4.69, 9.17) is 5.73 Å². The molecule has 0 bridgehead atoms. The second kappa shape index (κ2) is 3.77. The minimum atomic E-state index is 0.898. The maximum absolute atomic E-state index is 6.04. The lowest BCUT2D eigenvalue weighted by Crippen LogP contribution is -1.92. The van der Waals surface area contributed by atoms with Crippen LogP contribution < -0.4 is 5.73 Å². The van der Waals surface area contributed by atoms with Gasteiger partial charge in [0.25, 0.3) is 0 Å². The van der Waals surface area contributed by atoms with Crippen molar-refractivity contribution in [1.82, 2.24) is 0 Å². The molecule has 0 saturated heterocycles. The molecule has 0 radical (unpaired) electrons. The highest BCUT2D eigenvalue weighted by molar-refractivity contribution is 5.99. The van der Waals surface area contributed by atoms with E-state index in [1.807, 2.05) is 0 Å². The zero-order chi connectivity index (χ0) is 11.8. The highest BCUT2D eigenvalue weighted by atomic mass is 14.6. The summed E-state index contributed by atoms with van der Waals surface area (Å²) in [6.07, 6.45) is 0.981. The second-order valence-corrected chi connectivity index (χ2v) is 4.45. The molecule has 3 rings (SSSR count). The van der Waals surface area contributed by atoms with Crippen LogP contribution >= 0.6 is 0 Å². The lowest BCUT2D eigenvalue weighted by atomic mass is 10.00. The van der Waals surface area contributed by atoms with Gasteiger partial charge in [0, 0.05) is 5.69 Å². The molecule has 3 aromatic carbocycles. The predicted octanol–water partition coefficient (Wildman–Crippen LogP) is 4.14. The Morgan fingerprint density at radius 3 is 2.00 bits per heavy atom. The van der Waals surface area contributed by atoms with Gasteiger partial charge in [-0.2, -0.15) is 0 Å². The molecule has 0 fully saturated rings. The van der Waals surface area contributed by atoms with Crippen molar-refractivity contribution < 1.29 is 0 Å². The Hall–Kier alpha value is -2.02. The molecule has 0 aliphatic heterocycles. The van der Waals surface area contributed by atoms with Crippen LogP contribution in [0.2, 0.25) is 0 Å². The number of nitrogen functional groups attached to an aromatic ring is 1. The summed E-state index contributed by atoms with van der Waals surface area (Å²) in [6, 6.07) is 17.2. The molecule has 2 N–H and O–H groups in total. The van der Waals surface area contributed by atoms with Crippen LogP contribution in [-0.4, -0.2) is 0 Å². The van der Waals surface area contributed by atoms with E-state index in [-0.39, 0.29) is 0 Å². The molecule has 0 aliphatic carbocycles. The van der Waals surface area contributed by atoms with Gasteiger partial charge in [-0.05, 0) is 57.8 Å². The molecule has 0 atom stereocenters. The smallest absolute Gasteiger partial charge is 0.0352 e. The fourth-order valence-corrected chi connectivity index (χ4v) is 2.36. The monoisotopic (exact) mass is 221 g/mol. The normalized spacial score (nSPS) is 11.1. The fraction of sp³-hybridized carbons (Fsp3) is 0.125. The second-order valence-electron chi connectivity index (χ2n) is 4.45. The van der Waals surface area contributed by atoms with E-state index in [0.29, 0.717) is 0 Å². The van der Waals surface area contributed by atoms with E-state index in [9.17, 15) is 0 Å². The molecular weight excluding hydrogens is 206 g/mol. The van der Waals surface area contributed by atoms with Gasteiger partial charge in [-0.25, -0.2) is 0 Å². The molecular formula is C16H15N. The Balaban J connectivity index is 2.40. The molecule has 0 aromatic heterocycles. The highest BCUT2D eigenvalue weighted by Crippen LogP contribution is 2.27. The lowest BCUT2D eigenvalue weighted by molar-refractivity contribution is 1.15. The van der Waals surface area contributed by atoms with Crippen molar-refractivity contribution in [3.63, 3.8) is 0 Å². The van der Waals surface area contributed by atoms with E-state index in [1.54, 1.807) is 0 Å². The summed E-state index contributed by atoms with van der Waals surface area (Å²) in [5.41, 5.74) is 8.17. The van der Waals surface area contributed by atoms with Crippen molar-refractivity contribution in [2.45, 2.75) is 13.3 Å². The Morgan fingerprint density at radius 2 is 1.41 bits per heavy atom. The Bertz CT molecular complexity index is 698. The van der Waals surface area contributed by atoms with Crippen molar-refractivity contribution >= 4 is 27.2 Å². The Labute approximate surface area is 101 Å². The molecule has 0 heterocycles. The number of hydrogen-bond donors (Lipinski definition) is 1. The first-order valence-electron chi connectivity index (χ1n) is 5.99. The molecule has 0 aliphatic rings. The number of benzene rings is 3. The summed E-state index contributed by atoms with van der Waals surface area (Å²) in [7, 11) is 0. The summed E-state index contributed by atoms with van der Waals surface area (Å²) >= 11 is 0. The topological polar surface area (TPSA) is 26.0 Å². The number of hydrogen-bond acceptors (Lipinski definition) is 1. The Morgan fingerprint density at radius 1 is 0.824 bits per heavy atom. The minimum Gasteiger partial charge on any atom is -0.398 e. The van der Waals surface area contributed by atoms with Gasteiger partial charge in [-0.1, -0.05) is 31.2 Å². The maximum atomic E-state index is 6.04. The number of anilines is 1. The van der Waals surface area contributed by atoms with Gasteiger partial charge < -0.3 is 5.73 Å². The van der Waals surface area contributed by atoms with E-state index in [0.717, 1.165) is 12.1 Å². The number of nitrogens with two attached hydrogens (primary N) is 1. The standard InChI is InChI=1S/C16H15N/c1-2-11-7-14-8-12-5-3-4-6-13(12)9-15(14)10-16(11)17/h3-10H,2,17H2,1H3. The molecule has 17 heavy (non-hydrogen) atoms. The molecule has 0 saturated carbocycles. The molecule has 1 nitrogen and oxygen atoms in total. The van der Waals surface area contributed by atoms with Gasteiger partial charge in [-0.3, -0.25) is 0 Å². The first-order chi connectivity index (χ1) is 8.28. The summed E-state index contributed by atoms with van der Waals surface area (Å²) in [5, 5.41) is 5.05. The van der Waals surface area contributed by atoms with E-state index in [1.165, 1.54) is 27.1 Å². The van der Waals surface area contributed by atoms with Gasteiger partial charge in [-0.15, -0.1) is 0 Å². The summed E-state index contributed by atoms with van der Waals surface area (Å²) in [6.45, 7) is 2.14. The van der Waals surface area contributed by atoms with Gasteiger partial charge >= 0.3 is 0 Å². The van der Waals surface area contributed by atoms with Crippen LogP contribution in [0.1, 0.15) is 12.5 Å². The summed E-state index contributed by atoms with van der Waals surface area (Å²) < 4.78 is 0. The third-order valence-electron chi connectivity index (χ3n) is 3.34. The number of fused-ring (bicyclic) bond motifs is 2. The van der Waals surface area contributed by atoms with Gasteiger partial charge in [0.2, 0.25) is 0 Å². The van der Waals surface area contributed by atoms with Crippen LogP contribution in [0.3, 0.4) is 0 Å². The fourth-order valence-electron chi connectivity index (χ4n) is 2.36. The first kappa shape index (κ1) is 10.2. The van der Waals surface area contributed by atoms with E-state index >= 15 is 0 Å². The van der Waals surface area contributed by atoms with Gasteiger partial charge in [0.15, 0.2) is 0 Å². The molecule has 0 unspecified atom stereocenters. The molecule has 84 valence electrons. The SMILES string of the molecule is CCc1cc2cc3ccccc3cc2cc1N. The third-order valence-corrected chi connectivity index (χ3v) is 3.34. The van der Waals surface area contributed by atoms with Crippen LogP contribution in [0.15, 0.2) is 48.5 Å². The molecule has 0 amide bonds. The largest absolute Gasteiger partial charge is 0.398 e. The van der Waals surface area contributed by atoms with Crippen LogP contribution in [0.4, 0.5) is 5.69 Å². The van der Waals surface area contributed by atoms with Crippen molar-refractivity contribution in [2.24, 2.45) is 0 Å². The van der Waals surface area contributed by atoms with Crippen LogP contribution in [0.5, 0.6) is 0 Å². The average Bonchev–Trinajstić information content (AvgIpc) is 2.35. The van der Waals surface area contributed by atoms with Crippen LogP contribution in [0.25, 0.3) is 21.5 Å². The van der Waals surface area contributed by atoms with Crippen molar-refractivity contribution in [3.05, 3.63) is 54.1 Å². The van der Waals surface area contributed by atoms with Gasteiger partial charge in [0.05, 0.1) is 0 Å². The first-order valence-corrected chi connectivity index (χ1v) is 5.99. The zero-order valence-corrected chi connectivity index (χ0v) is 9.90. The summed E-state index contributed by atoms with van der Waals surface area (Å²) in [4.78, 5) is 0. The quantitative estimate of drug-likeness (QED) is 0.485. The molecule has 3 aromatic rings. The van der Waals surface area contributed by atoms with Crippen molar-refractivity contribution in [3.8, 4) is 0 Å². The zero-order valence-electron chi connectivity index (χ0n) is 9.90. The number of rotatable bonds is 1. The van der Waals surface area contributed by atoms with E-state index < -0.39 is 0 Å². The van der Waals surface area contributed by atoms with E-state index in [2.05, 4.69) is 55.5 Å². The molecule has 1 heteroatoms. The highest BCUT2D eigenvalue weighted by Gasteiger charge is 2.02. The van der Waals surface area contributed by atoms with Crippen LogP contribution in [0, 0.1) is 0 Å². The Kier molecular flexibility index (Phi) is 2.25. The maximum Gasteiger partial charge on any atom is 0.0352 e. The lowest BCUT2D eigenvalue weighted by Gasteiger charge is -2.07. The summed E-state index contributed by atoms with van der Waals surface area (Å²) in [5.74, 6) is 0. The van der Waals surface area contributed by atoms with Gasteiger partial charge in [0.1, 0.15) is 0 Å². The number of aryl methyl sites for hydroxylation is 1. The van der Waals surface area contributed by atoms with Crippen molar-refractivity contribution in [1.29, 1.82) is 0 Å². The molecule has 0 spiro atoms. The predicted molar refractivity (Wildman–Crippen MR) is 75.2 cm³/mol. The minimum absolute atomic E-state index is 0.898. The van der Waals surface area contributed by atoms with Crippen LogP contribution in [-0.2, 0) is 6.42 Å². The third kappa shape index (κ3) is 1.64. The average molecular weight is 221 g/mol. The van der Waals surface area contributed by atoms with Crippen molar-refractivity contribution in [2.75, 3.05) is 5.73 Å².